The summed E-state index contributed by atoms with van der Waals surface area (Å²) in [5, 5.41) is 13.6. The highest BCUT2D eigenvalue weighted by molar-refractivity contribution is 6.33. The van der Waals surface area contributed by atoms with Crippen LogP contribution in [0.15, 0.2) is 18.2 Å². The molecule has 0 spiro atoms. The number of aromatic hydroxyl groups is 1. The van der Waals surface area contributed by atoms with Gasteiger partial charge in [-0.2, -0.15) is 0 Å². The van der Waals surface area contributed by atoms with Gasteiger partial charge in [0.15, 0.2) is 0 Å². The monoisotopic (exact) mass is 212 g/mol. The lowest BCUT2D eigenvalue weighted by atomic mass is 10.2. The Hall–Kier alpha value is -0.930. The van der Waals surface area contributed by atoms with Gasteiger partial charge >= 0.3 is 0 Å². The summed E-state index contributed by atoms with van der Waals surface area (Å²) in [5.41, 5.74) is 0.760. The van der Waals surface area contributed by atoms with E-state index in [1.54, 1.807) is 18.2 Å². The Morgan fingerprint density at radius 3 is 2.64 bits per heavy atom. The average Bonchev–Trinajstić information content (AvgIpc) is 2.19. The third-order valence-corrected chi connectivity index (χ3v) is 2.70. The lowest BCUT2D eigenvalue weighted by molar-refractivity contribution is 0.470. The Kier molecular flexibility index (Phi) is 2.79. The van der Waals surface area contributed by atoms with Gasteiger partial charge in [-0.3, -0.25) is 0 Å². The maximum atomic E-state index is 9.70. The van der Waals surface area contributed by atoms with Crippen molar-refractivity contribution >= 4 is 17.3 Å². The van der Waals surface area contributed by atoms with Gasteiger partial charge < -0.3 is 15.3 Å². The van der Waals surface area contributed by atoms with Gasteiger partial charge in [-0.05, 0) is 12.1 Å². The second kappa shape index (κ2) is 4.07. The van der Waals surface area contributed by atoms with Crippen molar-refractivity contribution in [3.8, 4) is 5.75 Å². The van der Waals surface area contributed by atoms with E-state index in [1.807, 2.05) is 0 Å². The van der Waals surface area contributed by atoms with Crippen LogP contribution in [0.1, 0.15) is 0 Å². The Bertz CT molecular complexity index is 304. The van der Waals surface area contributed by atoms with Gasteiger partial charge in [-0.25, -0.2) is 0 Å². The number of benzene rings is 1. The molecule has 0 radical (unpaired) electrons. The normalized spacial score (nSPS) is 17.1. The lowest BCUT2D eigenvalue weighted by Crippen LogP contribution is -2.43. The molecule has 0 atom stereocenters. The maximum Gasteiger partial charge on any atom is 0.140 e. The van der Waals surface area contributed by atoms with Crippen molar-refractivity contribution in [3.63, 3.8) is 0 Å². The van der Waals surface area contributed by atoms with E-state index in [0.29, 0.717) is 5.02 Å². The van der Waals surface area contributed by atoms with Gasteiger partial charge in [0, 0.05) is 26.2 Å². The van der Waals surface area contributed by atoms with Gasteiger partial charge in [-0.15, -0.1) is 0 Å². The van der Waals surface area contributed by atoms with Crippen molar-refractivity contribution in [2.24, 2.45) is 0 Å². The van der Waals surface area contributed by atoms with E-state index < -0.39 is 0 Å². The molecule has 1 aromatic rings. The zero-order chi connectivity index (χ0) is 9.97. The highest BCUT2D eigenvalue weighted by Gasteiger charge is 2.16. The third-order valence-electron chi connectivity index (χ3n) is 2.40. The second-order valence-electron chi connectivity index (χ2n) is 3.34. The fourth-order valence-electron chi connectivity index (χ4n) is 1.71. The minimum absolute atomic E-state index is 0.263. The molecule has 1 heterocycles. The number of piperazine rings is 1. The first-order valence-corrected chi connectivity index (χ1v) is 5.10. The number of phenols is 1. The van der Waals surface area contributed by atoms with E-state index in [-0.39, 0.29) is 5.75 Å². The minimum atomic E-state index is 0.263. The first-order chi connectivity index (χ1) is 6.79. The van der Waals surface area contributed by atoms with Gasteiger partial charge in [0.25, 0.3) is 0 Å². The van der Waals surface area contributed by atoms with Crippen LogP contribution in [0.25, 0.3) is 0 Å². The fraction of sp³-hybridized carbons (Fsp3) is 0.400. The van der Waals surface area contributed by atoms with Crippen LogP contribution in [0.3, 0.4) is 0 Å². The zero-order valence-electron chi connectivity index (χ0n) is 7.83. The van der Waals surface area contributed by atoms with Crippen molar-refractivity contribution in [1.29, 1.82) is 0 Å². The number of halogens is 1. The van der Waals surface area contributed by atoms with E-state index in [9.17, 15) is 5.11 Å². The molecule has 2 N–H and O–H groups in total. The number of nitrogens with zero attached hydrogens (tertiary/aromatic N) is 1. The number of anilines is 1. The molecule has 14 heavy (non-hydrogen) atoms. The first-order valence-electron chi connectivity index (χ1n) is 4.72. The first kappa shape index (κ1) is 9.62. The van der Waals surface area contributed by atoms with Crippen LogP contribution in [-0.2, 0) is 0 Å². The molecular weight excluding hydrogens is 200 g/mol. The molecule has 1 saturated heterocycles. The molecule has 1 fully saturated rings. The standard InChI is InChI=1S/C10H13ClN2O/c11-8-2-1-3-9(14)10(8)13-6-4-12-5-7-13/h1-3,12,14H,4-7H2. The van der Waals surface area contributed by atoms with Gasteiger partial charge in [0.1, 0.15) is 5.75 Å². The van der Waals surface area contributed by atoms with Crippen molar-refractivity contribution in [1.82, 2.24) is 5.32 Å². The molecule has 76 valence electrons. The van der Waals surface area contributed by atoms with Crippen molar-refractivity contribution in [3.05, 3.63) is 23.2 Å². The Balaban J connectivity index is 2.29. The van der Waals surface area contributed by atoms with Crippen LogP contribution >= 0.6 is 11.6 Å². The number of para-hydroxylation sites is 1. The van der Waals surface area contributed by atoms with E-state index in [2.05, 4.69) is 10.2 Å². The Morgan fingerprint density at radius 2 is 2.00 bits per heavy atom. The van der Waals surface area contributed by atoms with Crippen molar-refractivity contribution in [2.75, 3.05) is 31.1 Å². The maximum absolute atomic E-state index is 9.70. The van der Waals surface area contributed by atoms with Crippen LogP contribution in [-0.4, -0.2) is 31.3 Å². The largest absolute Gasteiger partial charge is 0.506 e. The summed E-state index contributed by atoms with van der Waals surface area (Å²) < 4.78 is 0. The van der Waals surface area contributed by atoms with Crippen molar-refractivity contribution < 1.29 is 5.11 Å². The van der Waals surface area contributed by atoms with Gasteiger partial charge in [0.05, 0.1) is 10.7 Å². The summed E-state index contributed by atoms with van der Waals surface area (Å²) in [6.45, 7) is 3.64. The van der Waals surface area contributed by atoms with Crippen LogP contribution in [0.2, 0.25) is 5.02 Å². The van der Waals surface area contributed by atoms with Crippen LogP contribution in [0, 0.1) is 0 Å². The summed E-state index contributed by atoms with van der Waals surface area (Å²) in [6.07, 6.45) is 0. The van der Waals surface area contributed by atoms with Crippen LogP contribution < -0.4 is 10.2 Å². The summed E-state index contributed by atoms with van der Waals surface area (Å²) in [6, 6.07) is 5.23. The van der Waals surface area contributed by atoms with E-state index in [0.717, 1.165) is 31.9 Å². The van der Waals surface area contributed by atoms with Crippen LogP contribution in [0.4, 0.5) is 5.69 Å². The Morgan fingerprint density at radius 1 is 1.29 bits per heavy atom. The molecule has 1 aliphatic rings. The van der Waals surface area contributed by atoms with Crippen LogP contribution in [0.5, 0.6) is 5.75 Å². The molecule has 4 heteroatoms. The molecule has 1 aliphatic heterocycles. The summed E-state index contributed by atoms with van der Waals surface area (Å²) in [4.78, 5) is 2.11. The molecule has 0 unspecified atom stereocenters. The van der Waals surface area contributed by atoms with Gasteiger partial charge in [-0.1, -0.05) is 17.7 Å². The SMILES string of the molecule is Oc1cccc(Cl)c1N1CCNCC1. The summed E-state index contributed by atoms with van der Waals surface area (Å²) in [5.74, 6) is 0.263. The smallest absolute Gasteiger partial charge is 0.140 e. The molecule has 0 bridgehead atoms. The minimum Gasteiger partial charge on any atom is -0.506 e. The summed E-state index contributed by atoms with van der Waals surface area (Å²) in [7, 11) is 0. The predicted molar refractivity (Wildman–Crippen MR) is 58.2 cm³/mol. The van der Waals surface area contributed by atoms with E-state index in [4.69, 9.17) is 11.6 Å². The van der Waals surface area contributed by atoms with Gasteiger partial charge in [0.2, 0.25) is 0 Å². The number of phenolic OH excluding ortho intramolecular Hbond substituents is 1. The molecule has 2 rings (SSSR count). The summed E-state index contributed by atoms with van der Waals surface area (Å²) >= 11 is 6.04. The quantitative estimate of drug-likeness (QED) is 0.740. The topological polar surface area (TPSA) is 35.5 Å². The second-order valence-corrected chi connectivity index (χ2v) is 3.75. The highest BCUT2D eigenvalue weighted by Crippen LogP contribution is 2.34. The third kappa shape index (κ3) is 1.79. The average molecular weight is 213 g/mol. The fourth-order valence-corrected chi connectivity index (χ4v) is 1.99. The Labute approximate surface area is 88.3 Å². The molecule has 0 saturated carbocycles. The molecule has 0 aromatic heterocycles. The predicted octanol–water partition coefficient (Wildman–Crippen LogP) is 1.46. The number of hydrogen-bond acceptors (Lipinski definition) is 3. The number of hydrogen-bond donors (Lipinski definition) is 2. The lowest BCUT2D eigenvalue weighted by Gasteiger charge is -2.30. The highest BCUT2D eigenvalue weighted by atomic mass is 35.5. The number of rotatable bonds is 1. The van der Waals surface area contributed by atoms with E-state index in [1.165, 1.54) is 0 Å². The molecule has 3 nitrogen and oxygen atoms in total. The zero-order valence-corrected chi connectivity index (χ0v) is 8.59. The molecule has 1 aromatic carbocycles. The molecule has 0 aliphatic carbocycles. The van der Waals surface area contributed by atoms with E-state index >= 15 is 0 Å². The molecule has 0 amide bonds. The van der Waals surface area contributed by atoms with Crippen molar-refractivity contribution in [2.45, 2.75) is 0 Å². The molecular formula is C10H13ClN2O. The number of nitrogens with one attached hydrogen (secondary N) is 1.